The van der Waals surface area contributed by atoms with E-state index in [0.29, 0.717) is 11.3 Å². The Morgan fingerprint density at radius 2 is 1.80 bits per heavy atom. The van der Waals surface area contributed by atoms with Gasteiger partial charge in [-0.15, -0.1) is 0 Å². The average molecular weight is 407 g/mol. The summed E-state index contributed by atoms with van der Waals surface area (Å²) in [5, 5.41) is 6.13. The molecule has 1 heterocycles. The van der Waals surface area contributed by atoms with Gasteiger partial charge in [0, 0.05) is 28.7 Å². The monoisotopic (exact) mass is 407 g/mol. The molecule has 0 spiro atoms. The van der Waals surface area contributed by atoms with Crippen molar-refractivity contribution in [2.24, 2.45) is 0 Å². The Morgan fingerprint density at radius 1 is 1.03 bits per heavy atom. The summed E-state index contributed by atoms with van der Waals surface area (Å²) in [6.45, 7) is 5.32. The van der Waals surface area contributed by atoms with Crippen molar-refractivity contribution in [3.8, 4) is 0 Å². The van der Waals surface area contributed by atoms with Gasteiger partial charge in [-0.3, -0.25) is 4.79 Å². The molecule has 0 saturated carbocycles. The van der Waals surface area contributed by atoms with Gasteiger partial charge in [0.25, 0.3) is 0 Å². The molecule has 2 amide bonds. The van der Waals surface area contributed by atoms with Crippen LogP contribution in [0.1, 0.15) is 47.1 Å². The van der Waals surface area contributed by atoms with E-state index in [1.54, 1.807) is 24.4 Å². The number of esters is 1. The van der Waals surface area contributed by atoms with Gasteiger partial charge >= 0.3 is 12.0 Å². The predicted octanol–water partition coefficient (Wildman–Crippen LogP) is 4.30. The Labute approximate surface area is 174 Å². The number of benzene rings is 2. The number of H-pyrrole nitrogens is 1. The molecule has 0 fully saturated rings. The number of amides is 2. The van der Waals surface area contributed by atoms with Gasteiger partial charge in [0.2, 0.25) is 5.78 Å². The lowest BCUT2D eigenvalue weighted by Gasteiger charge is -2.13. The normalized spacial score (nSPS) is 10.8. The smallest absolute Gasteiger partial charge is 0.340 e. The highest BCUT2D eigenvalue weighted by Gasteiger charge is 2.18. The van der Waals surface area contributed by atoms with Gasteiger partial charge in [0.05, 0.1) is 11.3 Å². The lowest BCUT2D eigenvalue weighted by Crippen LogP contribution is -2.34. The minimum atomic E-state index is -0.683. The first kappa shape index (κ1) is 21.1. The van der Waals surface area contributed by atoms with Crippen molar-refractivity contribution in [1.29, 1.82) is 0 Å². The number of nitrogens with one attached hydrogen (secondary N) is 3. The lowest BCUT2D eigenvalue weighted by molar-refractivity contribution is 0.0476. The van der Waals surface area contributed by atoms with Crippen molar-refractivity contribution in [3.63, 3.8) is 0 Å². The fourth-order valence-electron chi connectivity index (χ4n) is 3.22. The van der Waals surface area contributed by atoms with Crippen molar-refractivity contribution in [3.05, 3.63) is 65.4 Å². The van der Waals surface area contributed by atoms with Gasteiger partial charge in [-0.25, -0.2) is 9.59 Å². The third kappa shape index (κ3) is 4.68. The molecule has 0 radical (unpaired) electrons. The molecule has 0 bridgehead atoms. The van der Waals surface area contributed by atoms with Crippen molar-refractivity contribution in [2.75, 3.05) is 11.9 Å². The Hall–Kier alpha value is -3.61. The molecule has 2 aromatic carbocycles. The van der Waals surface area contributed by atoms with Gasteiger partial charge in [0.15, 0.2) is 6.61 Å². The van der Waals surface area contributed by atoms with Crippen LogP contribution in [0.25, 0.3) is 10.9 Å². The van der Waals surface area contributed by atoms with Gasteiger partial charge < -0.3 is 20.4 Å². The summed E-state index contributed by atoms with van der Waals surface area (Å²) in [6.07, 6.45) is 2.49. The fourth-order valence-corrected chi connectivity index (χ4v) is 3.22. The van der Waals surface area contributed by atoms with E-state index < -0.39 is 18.6 Å². The van der Waals surface area contributed by atoms with E-state index in [-0.39, 0.29) is 17.4 Å². The Morgan fingerprint density at radius 3 is 2.53 bits per heavy atom. The Bertz CT molecular complexity index is 1080. The third-order valence-corrected chi connectivity index (χ3v) is 4.63. The highest BCUT2D eigenvalue weighted by Crippen LogP contribution is 2.23. The zero-order valence-electron chi connectivity index (χ0n) is 17.2. The first-order chi connectivity index (χ1) is 14.4. The molecule has 156 valence electrons. The first-order valence-electron chi connectivity index (χ1n) is 9.86. The van der Waals surface area contributed by atoms with Crippen LogP contribution in [0.2, 0.25) is 0 Å². The zero-order valence-corrected chi connectivity index (χ0v) is 17.2. The molecular formula is C23H25N3O4. The summed E-state index contributed by atoms with van der Waals surface area (Å²) in [5.74, 6) is -0.983. The van der Waals surface area contributed by atoms with Gasteiger partial charge in [0.1, 0.15) is 0 Å². The SMILES string of the molecule is CCc1cccc2c(C(=O)COC(=O)c3ccccc3NC(=O)NC(C)C)c[nH]c12. The summed E-state index contributed by atoms with van der Waals surface area (Å²) in [7, 11) is 0. The maximum Gasteiger partial charge on any atom is 0.340 e. The van der Waals surface area contributed by atoms with Crippen LogP contribution in [0.3, 0.4) is 0 Å². The number of aromatic nitrogens is 1. The molecule has 3 rings (SSSR count). The van der Waals surface area contributed by atoms with Crippen LogP contribution in [0.5, 0.6) is 0 Å². The van der Waals surface area contributed by atoms with E-state index >= 15 is 0 Å². The molecule has 0 aliphatic rings. The van der Waals surface area contributed by atoms with E-state index in [1.165, 1.54) is 6.07 Å². The minimum Gasteiger partial charge on any atom is -0.454 e. The summed E-state index contributed by atoms with van der Waals surface area (Å²) < 4.78 is 5.25. The summed E-state index contributed by atoms with van der Waals surface area (Å²) in [4.78, 5) is 40.3. The Kier molecular flexibility index (Phi) is 6.51. The van der Waals surface area contributed by atoms with Crippen molar-refractivity contribution >= 4 is 34.4 Å². The molecule has 0 atom stereocenters. The van der Waals surface area contributed by atoms with E-state index in [2.05, 4.69) is 15.6 Å². The van der Waals surface area contributed by atoms with Crippen LogP contribution in [0, 0.1) is 0 Å². The van der Waals surface area contributed by atoms with Crippen LogP contribution < -0.4 is 10.6 Å². The van der Waals surface area contributed by atoms with Crippen LogP contribution in [0.15, 0.2) is 48.7 Å². The molecule has 0 saturated heterocycles. The molecule has 1 aromatic heterocycles. The number of fused-ring (bicyclic) bond motifs is 1. The van der Waals surface area contributed by atoms with Crippen LogP contribution in [-0.4, -0.2) is 35.4 Å². The van der Waals surface area contributed by atoms with Crippen LogP contribution in [0.4, 0.5) is 10.5 Å². The van der Waals surface area contributed by atoms with E-state index in [4.69, 9.17) is 4.74 Å². The highest BCUT2D eigenvalue weighted by molar-refractivity contribution is 6.10. The second kappa shape index (κ2) is 9.26. The number of carbonyl (C=O) groups excluding carboxylic acids is 3. The van der Waals surface area contributed by atoms with Crippen molar-refractivity contribution in [2.45, 2.75) is 33.2 Å². The molecule has 3 aromatic rings. The quantitative estimate of drug-likeness (QED) is 0.401. The second-order valence-electron chi connectivity index (χ2n) is 7.19. The zero-order chi connectivity index (χ0) is 21.7. The Balaban J connectivity index is 1.71. The van der Waals surface area contributed by atoms with Crippen molar-refractivity contribution < 1.29 is 19.1 Å². The first-order valence-corrected chi connectivity index (χ1v) is 9.86. The average Bonchev–Trinajstić information content (AvgIpc) is 3.16. The number of ether oxygens (including phenoxy) is 1. The largest absolute Gasteiger partial charge is 0.454 e. The van der Waals surface area contributed by atoms with Crippen molar-refractivity contribution in [1.82, 2.24) is 10.3 Å². The highest BCUT2D eigenvalue weighted by atomic mass is 16.5. The molecule has 7 heteroatoms. The van der Waals surface area contributed by atoms with E-state index in [0.717, 1.165) is 22.9 Å². The van der Waals surface area contributed by atoms with E-state index in [1.807, 2.05) is 39.0 Å². The van der Waals surface area contributed by atoms with Gasteiger partial charge in [-0.05, 0) is 38.0 Å². The van der Waals surface area contributed by atoms with E-state index in [9.17, 15) is 14.4 Å². The number of aromatic amines is 1. The lowest BCUT2D eigenvalue weighted by atomic mass is 10.1. The summed E-state index contributed by atoms with van der Waals surface area (Å²) in [5.41, 5.74) is 3.00. The molecule has 3 N–H and O–H groups in total. The number of urea groups is 1. The summed E-state index contributed by atoms with van der Waals surface area (Å²) >= 11 is 0. The number of ketones is 1. The number of para-hydroxylation sites is 2. The topological polar surface area (TPSA) is 100 Å². The standard InChI is InChI=1S/C23H25N3O4/c1-4-15-8-7-10-16-18(12-24-21(15)16)20(27)13-30-22(28)17-9-5-6-11-19(17)26-23(29)25-14(2)3/h5-12,14,24H,4,13H2,1-3H3,(H2,25,26,29). The molecule has 30 heavy (non-hydrogen) atoms. The molecule has 7 nitrogen and oxygen atoms in total. The maximum absolute atomic E-state index is 12.7. The van der Waals surface area contributed by atoms with Gasteiger partial charge in [-0.2, -0.15) is 0 Å². The van der Waals surface area contributed by atoms with Gasteiger partial charge in [-0.1, -0.05) is 37.3 Å². The van der Waals surface area contributed by atoms with Crippen LogP contribution in [-0.2, 0) is 11.2 Å². The predicted molar refractivity (Wildman–Crippen MR) is 116 cm³/mol. The number of carbonyl (C=O) groups is 3. The molecule has 0 aliphatic heterocycles. The third-order valence-electron chi connectivity index (χ3n) is 4.63. The number of hydrogen-bond acceptors (Lipinski definition) is 4. The number of rotatable bonds is 7. The molecule has 0 unspecified atom stereocenters. The molecular weight excluding hydrogens is 382 g/mol. The van der Waals surface area contributed by atoms with Crippen LogP contribution >= 0.6 is 0 Å². The maximum atomic E-state index is 12.7. The minimum absolute atomic E-state index is 0.0499. The summed E-state index contributed by atoms with van der Waals surface area (Å²) in [6, 6.07) is 11.8. The second-order valence-corrected chi connectivity index (χ2v) is 7.19. The fraction of sp³-hybridized carbons (Fsp3) is 0.261. The number of hydrogen-bond donors (Lipinski definition) is 3. The number of Topliss-reactive ketones (excluding diaryl/α,β-unsaturated/α-hetero) is 1. The number of aryl methyl sites for hydroxylation is 1. The number of anilines is 1. The molecule has 0 aliphatic carbocycles.